The Kier molecular flexibility index (Phi) is 6.27. The van der Waals surface area contributed by atoms with Gasteiger partial charge in [0.25, 0.3) is 0 Å². The van der Waals surface area contributed by atoms with E-state index in [1.54, 1.807) is 0 Å². The first kappa shape index (κ1) is 16.4. The molecule has 108 valence electrons. The van der Waals surface area contributed by atoms with Crippen LogP contribution in [0.5, 0.6) is 0 Å². The number of hydrogen-bond acceptors (Lipinski definition) is 4. The minimum atomic E-state index is 0.261. The van der Waals surface area contributed by atoms with Crippen LogP contribution in [0, 0.1) is 13.8 Å². The smallest absolute Gasteiger partial charge is 0.138 e. The first-order valence-corrected chi connectivity index (χ1v) is 7.93. The molecule has 0 fully saturated rings. The topological polar surface area (TPSA) is 37.8 Å². The second-order valence-electron chi connectivity index (χ2n) is 5.90. The van der Waals surface area contributed by atoms with Crippen molar-refractivity contribution in [3.05, 3.63) is 22.8 Å². The number of hydrogen-bond donors (Lipinski definition) is 1. The molecule has 0 aliphatic carbocycles. The predicted molar refractivity (Wildman–Crippen MR) is 84.8 cm³/mol. The van der Waals surface area contributed by atoms with Crippen LogP contribution in [-0.2, 0) is 12.2 Å². The highest BCUT2D eigenvalue weighted by Crippen LogP contribution is 2.26. The summed E-state index contributed by atoms with van der Waals surface area (Å²) < 4.78 is 0.261. The Morgan fingerprint density at radius 1 is 1.11 bits per heavy atom. The standard InChI is InChI=1S/C15H27N3S/c1-11-13(8-7-9-16-6)12(2)18-14(17-11)10-19-15(3,4)5/h16H,7-10H2,1-6H3. The molecule has 0 amide bonds. The molecule has 0 radical (unpaired) electrons. The molecule has 1 heterocycles. The van der Waals surface area contributed by atoms with Crippen LogP contribution in [0.2, 0.25) is 0 Å². The Hall–Kier alpha value is -0.610. The van der Waals surface area contributed by atoms with Crippen molar-refractivity contribution in [1.29, 1.82) is 0 Å². The maximum absolute atomic E-state index is 4.66. The van der Waals surface area contributed by atoms with Crippen LogP contribution < -0.4 is 5.32 Å². The largest absolute Gasteiger partial charge is 0.320 e. The van der Waals surface area contributed by atoms with Gasteiger partial charge in [0.05, 0.1) is 5.75 Å². The summed E-state index contributed by atoms with van der Waals surface area (Å²) in [7, 11) is 1.99. The van der Waals surface area contributed by atoms with Crippen molar-refractivity contribution in [2.75, 3.05) is 13.6 Å². The molecule has 0 spiro atoms. The van der Waals surface area contributed by atoms with Crippen molar-refractivity contribution < 1.29 is 0 Å². The number of nitrogens with one attached hydrogen (secondary N) is 1. The molecule has 1 N–H and O–H groups in total. The molecule has 0 bridgehead atoms. The maximum atomic E-state index is 4.66. The Balaban J connectivity index is 2.73. The highest BCUT2D eigenvalue weighted by Gasteiger charge is 2.13. The summed E-state index contributed by atoms with van der Waals surface area (Å²) in [4.78, 5) is 9.33. The molecule has 0 aromatic carbocycles. The zero-order chi connectivity index (χ0) is 14.5. The van der Waals surface area contributed by atoms with Crippen LogP contribution in [0.15, 0.2) is 0 Å². The molecule has 0 aliphatic heterocycles. The van der Waals surface area contributed by atoms with Crippen molar-refractivity contribution in [2.45, 2.75) is 58.0 Å². The van der Waals surface area contributed by atoms with Gasteiger partial charge in [0.15, 0.2) is 0 Å². The third-order valence-electron chi connectivity index (χ3n) is 2.95. The van der Waals surface area contributed by atoms with Gasteiger partial charge >= 0.3 is 0 Å². The third kappa shape index (κ3) is 5.91. The minimum absolute atomic E-state index is 0.261. The van der Waals surface area contributed by atoms with E-state index in [4.69, 9.17) is 0 Å². The first-order chi connectivity index (χ1) is 8.83. The van der Waals surface area contributed by atoms with Gasteiger partial charge in [-0.25, -0.2) is 9.97 Å². The molecule has 1 aromatic heterocycles. The average Bonchev–Trinajstić information content (AvgIpc) is 2.29. The predicted octanol–water partition coefficient (Wildman–Crippen LogP) is 3.28. The normalized spacial score (nSPS) is 11.9. The fraction of sp³-hybridized carbons (Fsp3) is 0.733. The summed E-state index contributed by atoms with van der Waals surface area (Å²) in [5, 5.41) is 3.18. The summed E-state index contributed by atoms with van der Waals surface area (Å²) in [5.41, 5.74) is 3.61. The summed E-state index contributed by atoms with van der Waals surface area (Å²) >= 11 is 1.90. The second-order valence-corrected chi connectivity index (χ2v) is 7.70. The summed E-state index contributed by atoms with van der Waals surface area (Å²) in [6.45, 7) is 11.9. The van der Waals surface area contributed by atoms with Gasteiger partial charge in [-0.1, -0.05) is 20.8 Å². The first-order valence-electron chi connectivity index (χ1n) is 6.95. The lowest BCUT2D eigenvalue weighted by atomic mass is 10.1. The van der Waals surface area contributed by atoms with Crippen molar-refractivity contribution >= 4 is 11.8 Å². The number of rotatable bonds is 6. The van der Waals surface area contributed by atoms with Gasteiger partial charge in [-0.2, -0.15) is 0 Å². The molecule has 0 aliphatic rings. The Morgan fingerprint density at radius 2 is 1.68 bits per heavy atom. The van der Waals surface area contributed by atoms with Crippen LogP contribution in [0.3, 0.4) is 0 Å². The van der Waals surface area contributed by atoms with Crippen LogP contribution >= 0.6 is 11.8 Å². The lowest BCUT2D eigenvalue weighted by Crippen LogP contribution is -2.12. The van der Waals surface area contributed by atoms with E-state index in [0.717, 1.165) is 42.4 Å². The van der Waals surface area contributed by atoms with E-state index >= 15 is 0 Å². The van der Waals surface area contributed by atoms with Gasteiger partial charge in [-0.3, -0.25) is 0 Å². The highest BCUT2D eigenvalue weighted by molar-refractivity contribution is 7.99. The number of thioether (sulfide) groups is 1. The quantitative estimate of drug-likeness (QED) is 0.812. The molecule has 0 saturated heterocycles. The SMILES string of the molecule is CNCCCc1c(C)nc(CSC(C)(C)C)nc1C. The molecule has 0 saturated carbocycles. The van der Waals surface area contributed by atoms with Crippen molar-refractivity contribution in [1.82, 2.24) is 15.3 Å². The maximum Gasteiger partial charge on any atom is 0.138 e. The fourth-order valence-corrected chi connectivity index (χ4v) is 2.65. The number of aromatic nitrogens is 2. The number of aryl methyl sites for hydroxylation is 2. The van der Waals surface area contributed by atoms with E-state index in [0.29, 0.717) is 0 Å². The Labute approximate surface area is 122 Å². The average molecular weight is 281 g/mol. The van der Waals surface area contributed by atoms with Crippen LogP contribution in [0.1, 0.15) is 50.0 Å². The molecule has 1 rings (SSSR count). The molecule has 19 heavy (non-hydrogen) atoms. The number of nitrogens with zero attached hydrogens (tertiary/aromatic N) is 2. The molecule has 0 atom stereocenters. The summed E-state index contributed by atoms with van der Waals surface area (Å²) in [6.07, 6.45) is 2.20. The lowest BCUT2D eigenvalue weighted by Gasteiger charge is -2.17. The third-order valence-corrected chi connectivity index (χ3v) is 4.22. The van der Waals surface area contributed by atoms with Gasteiger partial charge in [-0.15, -0.1) is 11.8 Å². The van der Waals surface area contributed by atoms with Gasteiger partial charge < -0.3 is 5.32 Å². The van der Waals surface area contributed by atoms with E-state index in [2.05, 4.69) is 49.9 Å². The van der Waals surface area contributed by atoms with E-state index in [-0.39, 0.29) is 4.75 Å². The highest BCUT2D eigenvalue weighted by atomic mass is 32.2. The van der Waals surface area contributed by atoms with Crippen molar-refractivity contribution in [3.63, 3.8) is 0 Å². The Morgan fingerprint density at radius 3 is 2.16 bits per heavy atom. The van der Waals surface area contributed by atoms with Gasteiger partial charge in [0, 0.05) is 16.1 Å². The molecule has 1 aromatic rings. The second kappa shape index (κ2) is 7.25. The zero-order valence-electron chi connectivity index (χ0n) is 13.1. The summed E-state index contributed by atoms with van der Waals surface area (Å²) in [6, 6.07) is 0. The molecular weight excluding hydrogens is 254 g/mol. The van der Waals surface area contributed by atoms with Gasteiger partial charge in [-0.05, 0) is 45.8 Å². The summed E-state index contributed by atoms with van der Waals surface area (Å²) in [5.74, 6) is 1.86. The van der Waals surface area contributed by atoms with Crippen molar-refractivity contribution in [2.24, 2.45) is 0 Å². The molecule has 0 unspecified atom stereocenters. The van der Waals surface area contributed by atoms with Gasteiger partial charge in [0.1, 0.15) is 5.82 Å². The zero-order valence-corrected chi connectivity index (χ0v) is 13.9. The Bertz CT molecular complexity index is 387. The van der Waals surface area contributed by atoms with E-state index in [9.17, 15) is 0 Å². The fourth-order valence-electron chi connectivity index (χ4n) is 1.96. The van der Waals surface area contributed by atoms with E-state index in [1.165, 1.54) is 5.56 Å². The molecular formula is C15H27N3S. The van der Waals surface area contributed by atoms with Crippen LogP contribution in [-0.4, -0.2) is 28.3 Å². The van der Waals surface area contributed by atoms with E-state index < -0.39 is 0 Å². The van der Waals surface area contributed by atoms with Gasteiger partial charge in [0.2, 0.25) is 0 Å². The lowest BCUT2D eigenvalue weighted by molar-refractivity contribution is 0.713. The monoisotopic (exact) mass is 281 g/mol. The minimum Gasteiger partial charge on any atom is -0.320 e. The van der Waals surface area contributed by atoms with E-state index in [1.807, 2.05) is 18.8 Å². The van der Waals surface area contributed by atoms with Crippen LogP contribution in [0.4, 0.5) is 0 Å². The molecule has 3 nitrogen and oxygen atoms in total. The van der Waals surface area contributed by atoms with Crippen molar-refractivity contribution in [3.8, 4) is 0 Å². The van der Waals surface area contributed by atoms with Crippen LogP contribution in [0.25, 0.3) is 0 Å². The molecule has 4 heteroatoms.